The summed E-state index contributed by atoms with van der Waals surface area (Å²) < 4.78 is 0.268. The fraction of sp³-hybridized carbons (Fsp3) is 0.333. The molecule has 2 rings (SSSR count). The van der Waals surface area contributed by atoms with Crippen molar-refractivity contribution in [2.24, 2.45) is 0 Å². The summed E-state index contributed by atoms with van der Waals surface area (Å²) in [6, 6.07) is 8.39. The minimum absolute atomic E-state index is 0.0237. The van der Waals surface area contributed by atoms with E-state index in [4.69, 9.17) is 0 Å². The van der Waals surface area contributed by atoms with E-state index in [0.717, 1.165) is 9.81 Å². The van der Waals surface area contributed by atoms with Gasteiger partial charge in [0.2, 0.25) is 0 Å². The fourth-order valence-electron chi connectivity index (χ4n) is 1.52. The maximum absolute atomic E-state index is 9.17. The number of hydrogen-bond acceptors (Lipinski definition) is 4. The minimum atomic E-state index is 0.0237. The van der Waals surface area contributed by atoms with Crippen molar-refractivity contribution in [3.05, 3.63) is 45.2 Å². The zero-order valence-electron chi connectivity index (χ0n) is 9.01. The van der Waals surface area contributed by atoms with E-state index in [-0.39, 0.29) is 17.8 Å². The van der Waals surface area contributed by atoms with E-state index in [2.05, 4.69) is 31.2 Å². The Morgan fingerprint density at radius 1 is 1.00 bits per heavy atom. The summed E-state index contributed by atoms with van der Waals surface area (Å²) in [6.07, 6.45) is 0. The van der Waals surface area contributed by atoms with E-state index < -0.39 is 0 Å². The minimum Gasteiger partial charge on any atom is -0.391 e. The van der Waals surface area contributed by atoms with E-state index in [1.54, 1.807) is 23.5 Å². The Balaban J connectivity index is 2.13. The summed E-state index contributed by atoms with van der Waals surface area (Å²) in [5.74, 6) is 0. The summed E-state index contributed by atoms with van der Waals surface area (Å²) in [5.41, 5.74) is 2.48. The number of aliphatic hydroxyl groups excluding tert-OH is 2. The summed E-state index contributed by atoms with van der Waals surface area (Å²) in [5, 5.41) is 18.3. The molecule has 0 saturated heterocycles. The summed E-state index contributed by atoms with van der Waals surface area (Å²) in [6.45, 7) is 2.11. The molecule has 1 aliphatic heterocycles. The highest BCUT2D eigenvalue weighted by Crippen LogP contribution is 2.54. The van der Waals surface area contributed by atoms with Crippen LogP contribution in [0.25, 0.3) is 0 Å². The Morgan fingerprint density at radius 2 is 1.50 bits per heavy atom. The Hall–Kier alpha value is -0.420. The van der Waals surface area contributed by atoms with Gasteiger partial charge in [-0.1, -0.05) is 29.8 Å². The number of benzene rings is 1. The lowest BCUT2D eigenvalue weighted by Crippen LogP contribution is -1.89. The van der Waals surface area contributed by atoms with E-state index in [9.17, 15) is 10.2 Å². The zero-order chi connectivity index (χ0) is 11.5. The molecule has 4 heteroatoms. The van der Waals surface area contributed by atoms with Crippen molar-refractivity contribution in [3.63, 3.8) is 0 Å². The highest BCUT2D eigenvalue weighted by Gasteiger charge is 2.25. The van der Waals surface area contributed by atoms with Crippen LogP contribution in [0.3, 0.4) is 0 Å². The first-order chi connectivity index (χ1) is 7.74. The van der Waals surface area contributed by atoms with Crippen molar-refractivity contribution >= 4 is 23.5 Å². The molecule has 2 nitrogen and oxygen atoms in total. The number of aliphatic hydroxyl groups is 2. The molecule has 0 atom stereocenters. The summed E-state index contributed by atoms with van der Waals surface area (Å²) >= 11 is 3.27. The SMILES string of the molecule is Cc1ccc(C2SC(CO)=C(CO)S2)cc1. The van der Waals surface area contributed by atoms with Crippen molar-refractivity contribution in [1.29, 1.82) is 0 Å². The number of hydrogen-bond donors (Lipinski definition) is 2. The van der Waals surface area contributed by atoms with Gasteiger partial charge in [0, 0.05) is 9.81 Å². The van der Waals surface area contributed by atoms with Gasteiger partial charge < -0.3 is 10.2 Å². The third kappa shape index (κ3) is 2.46. The van der Waals surface area contributed by atoms with Crippen molar-refractivity contribution in [3.8, 4) is 0 Å². The third-order valence-corrected chi connectivity index (χ3v) is 5.45. The van der Waals surface area contributed by atoms with E-state index in [1.165, 1.54) is 11.1 Å². The average Bonchev–Trinajstić information content (AvgIpc) is 2.73. The first-order valence-electron chi connectivity index (χ1n) is 5.08. The van der Waals surface area contributed by atoms with Crippen LogP contribution in [0, 0.1) is 6.92 Å². The van der Waals surface area contributed by atoms with Crippen LogP contribution in [0.5, 0.6) is 0 Å². The molecule has 0 amide bonds. The Kier molecular flexibility index (Phi) is 3.97. The monoisotopic (exact) mass is 254 g/mol. The van der Waals surface area contributed by atoms with Gasteiger partial charge in [-0.25, -0.2) is 0 Å². The summed E-state index contributed by atoms with van der Waals surface area (Å²) in [7, 11) is 0. The topological polar surface area (TPSA) is 40.5 Å². The molecule has 0 aliphatic carbocycles. The maximum atomic E-state index is 9.17. The van der Waals surface area contributed by atoms with E-state index in [1.807, 2.05) is 0 Å². The van der Waals surface area contributed by atoms with E-state index in [0.29, 0.717) is 0 Å². The van der Waals surface area contributed by atoms with E-state index >= 15 is 0 Å². The molecule has 2 N–H and O–H groups in total. The standard InChI is InChI=1S/C12H14O2S2/c1-8-2-4-9(5-3-8)12-15-10(6-13)11(7-14)16-12/h2-5,12-14H,6-7H2,1H3. The van der Waals surface area contributed by atoms with Gasteiger partial charge in [0.05, 0.1) is 17.8 Å². The van der Waals surface area contributed by atoms with Crippen LogP contribution in [0.1, 0.15) is 15.7 Å². The largest absolute Gasteiger partial charge is 0.391 e. The van der Waals surface area contributed by atoms with Gasteiger partial charge >= 0.3 is 0 Å². The molecule has 0 saturated carbocycles. The van der Waals surface area contributed by atoms with Crippen LogP contribution >= 0.6 is 23.5 Å². The van der Waals surface area contributed by atoms with Gasteiger partial charge in [-0.3, -0.25) is 0 Å². The molecule has 0 spiro atoms. The number of thioether (sulfide) groups is 2. The molecule has 1 aliphatic rings. The second-order valence-corrected chi connectivity index (χ2v) is 6.34. The molecule has 1 heterocycles. The number of aryl methyl sites for hydroxylation is 1. The van der Waals surface area contributed by atoms with Gasteiger partial charge in [0.25, 0.3) is 0 Å². The second-order valence-electron chi connectivity index (χ2n) is 3.64. The highest BCUT2D eigenvalue weighted by atomic mass is 32.2. The van der Waals surface area contributed by atoms with Crippen LogP contribution < -0.4 is 0 Å². The molecule has 1 aromatic rings. The Labute approximate surface area is 104 Å². The zero-order valence-corrected chi connectivity index (χ0v) is 10.6. The van der Waals surface area contributed by atoms with Crippen molar-refractivity contribution < 1.29 is 10.2 Å². The van der Waals surface area contributed by atoms with Gasteiger partial charge in [-0.15, -0.1) is 23.5 Å². The Bertz CT molecular complexity index is 382. The van der Waals surface area contributed by atoms with Crippen molar-refractivity contribution in [2.45, 2.75) is 11.5 Å². The van der Waals surface area contributed by atoms with Gasteiger partial charge in [-0.2, -0.15) is 0 Å². The first-order valence-corrected chi connectivity index (χ1v) is 6.84. The molecular weight excluding hydrogens is 240 g/mol. The molecule has 0 fully saturated rings. The van der Waals surface area contributed by atoms with Gasteiger partial charge in [-0.05, 0) is 12.5 Å². The van der Waals surface area contributed by atoms with Crippen molar-refractivity contribution in [1.82, 2.24) is 0 Å². The molecular formula is C12H14O2S2. The van der Waals surface area contributed by atoms with Crippen LogP contribution in [-0.2, 0) is 0 Å². The van der Waals surface area contributed by atoms with Crippen molar-refractivity contribution in [2.75, 3.05) is 13.2 Å². The second kappa shape index (κ2) is 5.27. The highest BCUT2D eigenvalue weighted by molar-refractivity contribution is 8.22. The molecule has 1 aromatic carbocycles. The quantitative estimate of drug-likeness (QED) is 0.870. The van der Waals surface area contributed by atoms with Crippen LogP contribution in [-0.4, -0.2) is 23.4 Å². The lowest BCUT2D eigenvalue weighted by Gasteiger charge is -2.09. The molecule has 0 unspecified atom stereocenters. The fourth-order valence-corrected chi connectivity index (χ4v) is 4.35. The predicted molar refractivity (Wildman–Crippen MR) is 70.3 cm³/mol. The van der Waals surface area contributed by atoms with Crippen LogP contribution in [0.4, 0.5) is 0 Å². The average molecular weight is 254 g/mol. The first kappa shape index (κ1) is 12.0. The molecule has 86 valence electrons. The molecule has 0 aromatic heterocycles. The summed E-state index contributed by atoms with van der Waals surface area (Å²) in [4.78, 5) is 1.80. The molecule has 16 heavy (non-hydrogen) atoms. The lowest BCUT2D eigenvalue weighted by molar-refractivity contribution is 0.324. The van der Waals surface area contributed by atoms with Crippen LogP contribution in [0.15, 0.2) is 34.1 Å². The normalized spacial score (nSPS) is 17.2. The predicted octanol–water partition coefficient (Wildman–Crippen LogP) is 2.67. The lowest BCUT2D eigenvalue weighted by atomic mass is 10.2. The molecule has 0 radical (unpaired) electrons. The third-order valence-electron chi connectivity index (χ3n) is 2.45. The maximum Gasteiger partial charge on any atom is 0.0841 e. The smallest absolute Gasteiger partial charge is 0.0841 e. The van der Waals surface area contributed by atoms with Gasteiger partial charge in [0.1, 0.15) is 0 Å². The number of rotatable bonds is 3. The Morgan fingerprint density at radius 3 is 1.94 bits per heavy atom. The van der Waals surface area contributed by atoms with Crippen LogP contribution in [0.2, 0.25) is 0 Å². The van der Waals surface area contributed by atoms with Gasteiger partial charge in [0.15, 0.2) is 0 Å². The molecule has 0 bridgehead atoms.